The van der Waals surface area contributed by atoms with Crippen molar-refractivity contribution in [2.45, 2.75) is 76.0 Å². The number of carbonyl (C=O) groups excluding carboxylic acids is 3. The van der Waals surface area contributed by atoms with E-state index in [1.54, 1.807) is 0 Å². The number of fused-ring (bicyclic) bond motifs is 1. The summed E-state index contributed by atoms with van der Waals surface area (Å²) in [7, 11) is 0. The van der Waals surface area contributed by atoms with E-state index >= 15 is 0 Å². The van der Waals surface area contributed by atoms with Gasteiger partial charge in [-0.05, 0) is 24.7 Å². The average molecular weight is 424 g/mol. The monoisotopic (exact) mass is 424 g/mol. The lowest BCUT2D eigenvalue weighted by atomic mass is 9.51. The normalized spacial score (nSPS) is 60.1. The van der Waals surface area contributed by atoms with Gasteiger partial charge in [0.2, 0.25) is 11.9 Å². The summed E-state index contributed by atoms with van der Waals surface area (Å²) in [5.41, 5.74) is -8.26. The summed E-state index contributed by atoms with van der Waals surface area (Å²) >= 11 is 0. The minimum Gasteiger partial charge on any atom is -0.459 e. The van der Waals surface area contributed by atoms with Crippen LogP contribution in [0.1, 0.15) is 34.1 Å². The number of hydrogen-bond acceptors (Lipinski definition) is 10. The molecule has 3 unspecified atom stereocenters. The number of aliphatic hydroxyl groups excluding tert-OH is 2. The third kappa shape index (κ3) is 1.33. The molecule has 4 aliphatic heterocycles. The lowest BCUT2D eigenvalue weighted by Crippen LogP contribution is -2.67. The third-order valence-electron chi connectivity index (χ3n) is 9.00. The van der Waals surface area contributed by atoms with Crippen LogP contribution in [-0.4, -0.2) is 75.1 Å². The molecule has 6 aliphatic rings. The Labute approximate surface area is 171 Å². The van der Waals surface area contributed by atoms with Crippen molar-refractivity contribution in [1.29, 1.82) is 0 Å². The van der Waals surface area contributed by atoms with Crippen molar-refractivity contribution in [1.82, 2.24) is 0 Å². The Bertz CT molecular complexity index is 925. The first-order valence-electron chi connectivity index (χ1n) is 10.2. The second kappa shape index (κ2) is 4.69. The molecule has 6 rings (SSSR count). The molecule has 10 nitrogen and oxygen atoms in total. The van der Waals surface area contributed by atoms with Gasteiger partial charge in [0.15, 0.2) is 17.8 Å². The van der Waals surface area contributed by atoms with Gasteiger partial charge < -0.3 is 34.3 Å². The highest BCUT2D eigenvalue weighted by Crippen LogP contribution is 2.84. The van der Waals surface area contributed by atoms with Crippen molar-refractivity contribution in [2.75, 3.05) is 0 Å². The summed E-state index contributed by atoms with van der Waals surface area (Å²) in [6.07, 6.45) is -6.91. The Hall–Kier alpha value is -1.75. The van der Waals surface area contributed by atoms with Gasteiger partial charge in [-0.1, -0.05) is 20.8 Å². The molecule has 10 heteroatoms. The highest BCUT2D eigenvalue weighted by atomic mass is 16.8. The van der Waals surface area contributed by atoms with Crippen molar-refractivity contribution in [3.63, 3.8) is 0 Å². The van der Waals surface area contributed by atoms with Crippen molar-refractivity contribution in [3.05, 3.63) is 0 Å². The van der Waals surface area contributed by atoms with E-state index in [2.05, 4.69) is 0 Å². The lowest BCUT2D eigenvalue weighted by molar-refractivity contribution is -0.239. The van der Waals surface area contributed by atoms with Gasteiger partial charge >= 0.3 is 17.9 Å². The fourth-order valence-corrected chi connectivity index (χ4v) is 8.12. The largest absolute Gasteiger partial charge is 0.459 e. The van der Waals surface area contributed by atoms with Gasteiger partial charge in [-0.25, -0.2) is 9.59 Å². The van der Waals surface area contributed by atoms with Gasteiger partial charge in [0.05, 0.1) is 16.7 Å². The zero-order valence-corrected chi connectivity index (χ0v) is 16.9. The Morgan fingerprint density at radius 1 is 1.03 bits per heavy atom. The maximum absolute atomic E-state index is 13.4. The summed E-state index contributed by atoms with van der Waals surface area (Å²) in [6, 6.07) is 0. The molecular formula is C20H24O10. The van der Waals surface area contributed by atoms with E-state index in [1.165, 1.54) is 6.92 Å². The SMILES string of the molecule is C[C@@H]1C(=O)O[C@H]2[C@@H](O)C34[C@H]5C[C@@H](C(C)(C)C)C36C(OC(=O)[C@@H]6O)O[C@@]4(C(=O)O5)[C@@]12O. The summed E-state index contributed by atoms with van der Waals surface area (Å²) in [6.45, 7) is 7.14. The molecule has 0 bridgehead atoms. The Morgan fingerprint density at radius 3 is 2.33 bits per heavy atom. The molecule has 2 spiro atoms. The van der Waals surface area contributed by atoms with Crippen LogP contribution < -0.4 is 0 Å². The minimum atomic E-state index is -2.24. The second-order valence-electron chi connectivity index (χ2n) is 10.7. The van der Waals surface area contributed by atoms with Crippen LogP contribution in [0, 0.1) is 28.1 Å². The molecule has 0 aromatic rings. The van der Waals surface area contributed by atoms with Crippen LogP contribution in [0.25, 0.3) is 0 Å². The van der Waals surface area contributed by atoms with Crippen LogP contribution in [0.15, 0.2) is 0 Å². The number of aliphatic hydroxyl groups is 3. The summed E-state index contributed by atoms with van der Waals surface area (Å²) in [4.78, 5) is 38.2. The molecule has 3 N–H and O–H groups in total. The topological polar surface area (TPSA) is 149 Å². The van der Waals surface area contributed by atoms with Crippen LogP contribution in [-0.2, 0) is 33.3 Å². The molecule has 6 fully saturated rings. The van der Waals surface area contributed by atoms with Crippen LogP contribution >= 0.6 is 0 Å². The van der Waals surface area contributed by atoms with Gasteiger partial charge in [0, 0.05) is 0 Å². The number of ether oxygens (including phenoxy) is 4. The van der Waals surface area contributed by atoms with E-state index in [0.29, 0.717) is 0 Å². The number of carbonyl (C=O) groups is 3. The average Bonchev–Trinajstić information content (AvgIpc) is 3.35. The van der Waals surface area contributed by atoms with E-state index in [1.807, 2.05) is 20.8 Å². The summed E-state index contributed by atoms with van der Waals surface area (Å²) in [5, 5.41) is 34.7. The molecule has 30 heavy (non-hydrogen) atoms. The van der Waals surface area contributed by atoms with Crippen LogP contribution in [0.5, 0.6) is 0 Å². The molecule has 2 aliphatic carbocycles. The van der Waals surface area contributed by atoms with Crippen LogP contribution in [0.2, 0.25) is 0 Å². The zero-order chi connectivity index (χ0) is 21.8. The molecule has 0 radical (unpaired) electrons. The molecule has 0 amide bonds. The number of esters is 3. The Kier molecular flexibility index (Phi) is 2.97. The van der Waals surface area contributed by atoms with E-state index in [9.17, 15) is 29.7 Å². The quantitative estimate of drug-likeness (QED) is 0.314. The molecule has 4 saturated heterocycles. The first-order valence-corrected chi connectivity index (χ1v) is 10.2. The molecule has 4 heterocycles. The van der Waals surface area contributed by atoms with E-state index in [0.717, 1.165) is 0 Å². The maximum atomic E-state index is 13.4. The Morgan fingerprint density at radius 2 is 1.70 bits per heavy atom. The second-order valence-corrected chi connectivity index (χ2v) is 10.7. The minimum absolute atomic E-state index is 0.229. The van der Waals surface area contributed by atoms with Crippen molar-refractivity contribution in [3.8, 4) is 0 Å². The summed E-state index contributed by atoms with van der Waals surface area (Å²) < 4.78 is 22.5. The number of rotatable bonds is 0. The first-order chi connectivity index (χ1) is 13.8. The smallest absolute Gasteiger partial charge is 0.343 e. The Balaban J connectivity index is 1.72. The first kappa shape index (κ1) is 19.0. The molecule has 164 valence electrons. The predicted molar refractivity (Wildman–Crippen MR) is 92.0 cm³/mol. The molecular weight excluding hydrogens is 400 g/mol. The fraction of sp³-hybridized carbons (Fsp3) is 0.850. The third-order valence-corrected chi connectivity index (χ3v) is 9.00. The van der Waals surface area contributed by atoms with Gasteiger partial charge in [-0.15, -0.1) is 0 Å². The van der Waals surface area contributed by atoms with Crippen molar-refractivity contribution < 1.29 is 48.7 Å². The number of hydrogen-bond donors (Lipinski definition) is 3. The van der Waals surface area contributed by atoms with Gasteiger partial charge in [-0.3, -0.25) is 4.79 Å². The highest BCUT2D eigenvalue weighted by Gasteiger charge is 3.03. The predicted octanol–water partition coefficient (Wildman–Crippen LogP) is -1.37. The van der Waals surface area contributed by atoms with E-state index in [-0.39, 0.29) is 6.42 Å². The maximum Gasteiger partial charge on any atom is 0.343 e. The van der Waals surface area contributed by atoms with Crippen LogP contribution in [0.4, 0.5) is 0 Å². The molecule has 0 aromatic heterocycles. The molecule has 0 aromatic carbocycles. The standard InChI is InChI=1S/C20H24O10/c1-6-12(23)28-11-9(21)18-8-5-7(16(2,3)4)17(18)10(22)13(24)29-15(17)30-20(18,14(25)27-8)19(6,11)26/h6-11,15,21-22,26H,5H2,1-4H3/t6-,7+,8-,9-,10+,11+,15?,17?,18?,19-,20-/m1/s1. The summed E-state index contributed by atoms with van der Waals surface area (Å²) in [5.74, 6) is -4.32. The van der Waals surface area contributed by atoms with E-state index < -0.39 is 87.9 Å². The van der Waals surface area contributed by atoms with Gasteiger partial charge in [0.1, 0.15) is 12.2 Å². The highest BCUT2D eigenvalue weighted by molar-refractivity contribution is 5.94. The molecule has 2 saturated carbocycles. The van der Waals surface area contributed by atoms with Crippen molar-refractivity contribution in [2.24, 2.45) is 28.1 Å². The zero-order valence-electron chi connectivity index (χ0n) is 16.9. The molecule has 11 atom stereocenters. The van der Waals surface area contributed by atoms with Crippen LogP contribution in [0.3, 0.4) is 0 Å². The van der Waals surface area contributed by atoms with Gasteiger partial charge in [-0.2, -0.15) is 0 Å². The van der Waals surface area contributed by atoms with Crippen molar-refractivity contribution >= 4 is 17.9 Å². The lowest BCUT2D eigenvalue weighted by Gasteiger charge is -2.47. The van der Waals surface area contributed by atoms with E-state index in [4.69, 9.17) is 18.9 Å². The fourth-order valence-electron chi connectivity index (χ4n) is 8.12. The van der Waals surface area contributed by atoms with Gasteiger partial charge in [0.25, 0.3) is 0 Å².